The van der Waals surface area contributed by atoms with E-state index in [1.807, 2.05) is 6.92 Å². The molecule has 1 atom stereocenters. The highest BCUT2D eigenvalue weighted by Gasteiger charge is 2.15. The number of rotatable bonds is 6. The number of ether oxygens (including phenoxy) is 1. The van der Waals surface area contributed by atoms with Crippen molar-refractivity contribution in [2.45, 2.75) is 19.9 Å². The van der Waals surface area contributed by atoms with E-state index in [1.54, 1.807) is 37.3 Å². The topological polar surface area (TPSA) is 21.3 Å². The Morgan fingerprint density at radius 1 is 1.10 bits per heavy atom. The molecule has 0 aliphatic carbocycles. The second-order valence-electron chi connectivity index (χ2n) is 4.85. The van der Waals surface area contributed by atoms with Gasteiger partial charge in [0, 0.05) is 5.56 Å². The molecule has 1 unspecified atom stereocenters. The van der Waals surface area contributed by atoms with E-state index in [0.29, 0.717) is 23.4 Å². The molecule has 4 heteroatoms. The van der Waals surface area contributed by atoms with Gasteiger partial charge in [0.2, 0.25) is 0 Å². The molecule has 0 aliphatic heterocycles. The number of likely N-dealkylation sites (N-methyl/N-ethyl adjacent to an activating group) is 1. The van der Waals surface area contributed by atoms with E-state index in [0.717, 1.165) is 0 Å². The summed E-state index contributed by atoms with van der Waals surface area (Å²) in [6.45, 7) is 4.61. The Labute approximate surface area is 123 Å². The summed E-state index contributed by atoms with van der Waals surface area (Å²) in [6, 6.07) is 11.0. The molecule has 112 valence electrons. The third kappa shape index (κ3) is 4.02. The van der Waals surface area contributed by atoms with Gasteiger partial charge in [-0.3, -0.25) is 0 Å². The fraction of sp³-hybridized carbons (Fsp3) is 0.294. The highest BCUT2D eigenvalue weighted by molar-refractivity contribution is 5.29. The zero-order chi connectivity index (χ0) is 15.2. The van der Waals surface area contributed by atoms with Crippen molar-refractivity contribution in [3.05, 3.63) is 65.2 Å². The van der Waals surface area contributed by atoms with Crippen LogP contribution in [0, 0.1) is 18.6 Å². The first kappa shape index (κ1) is 15.4. The fourth-order valence-corrected chi connectivity index (χ4v) is 2.15. The number of hydrogen-bond acceptors (Lipinski definition) is 2. The number of aryl methyl sites for hydroxylation is 1. The molecular formula is C17H19F2NO. The molecule has 2 rings (SSSR count). The van der Waals surface area contributed by atoms with E-state index in [9.17, 15) is 8.78 Å². The van der Waals surface area contributed by atoms with Gasteiger partial charge in [0.15, 0.2) is 0 Å². The van der Waals surface area contributed by atoms with Crippen LogP contribution in [-0.2, 0) is 0 Å². The maximum atomic E-state index is 13.9. The molecule has 21 heavy (non-hydrogen) atoms. The molecule has 0 aromatic heterocycles. The lowest BCUT2D eigenvalue weighted by Crippen LogP contribution is -2.27. The summed E-state index contributed by atoms with van der Waals surface area (Å²) in [5.41, 5.74) is 1.09. The van der Waals surface area contributed by atoms with Gasteiger partial charge in [-0.2, -0.15) is 0 Å². The summed E-state index contributed by atoms with van der Waals surface area (Å²) in [5.74, 6) is 0.0511. The fourth-order valence-electron chi connectivity index (χ4n) is 2.15. The lowest BCUT2D eigenvalue weighted by molar-refractivity contribution is 0.264. The van der Waals surface area contributed by atoms with Crippen molar-refractivity contribution in [1.82, 2.24) is 5.32 Å². The van der Waals surface area contributed by atoms with Crippen molar-refractivity contribution in [2.75, 3.05) is 13.2 Å². The Kier molecular flexibility index (Phi) is 5.28. The van der Waals surface area contributed by atoms with Crippen molar-refractivity contribution >= 4 is 0 Å². The Morgan fingerprint density at radius 2 is 1.86 bits per heavy atom. The summed E-state index contributed by atoms with van der Waals surface area (Å²) in [5, 5.41) is 3.20. The maximum absolute atomic E-state index is 13.9. The highest BCUT2D eigenvalue weighted by Crippen LogP contribution is 2.20. The molecule has 0 fully saturated rings. The van der Waals surface area contributed by atoms with Crippen molar-refractivity contribution in [3.8, 4) is 5.75 Å². The van der Waals surface area contributed by atoms with Crippen LogP contribution in [0.4, 0.5) is 8.78 Å². The molecule has 0 saturated heterocycles. The quantitative estimate of drug-likeness (QED) is 0.868. The third-order valence-corrected chi connectivity index (χ3v) is 3.28. The van der Waals surface area contributed by atoms with E-state index in [-0.39, 0.29) is 24.3 Å². The van der Waals surface area contributed by atoms with E-state index in [4.69, 9.17) is 4.74 Å². The molecule has 2 aromatic carbocycles. The lowest BCUT2D eigenvalue weighted by atomic mass is 10.1. The first-order valence-electron chi connectivity index (χ1n) is 6.98. The van der Waals surface area contributed by atoms with Crippen LogP contribution in [0.25, 0.3) is 0 Å². The zero-order valence-corrected chi connectivity index (χ0v) is 12.2. The molecule has 0 heterocycles. The van der Waals surface area contributed by atoms with Crippen LogP contribution in [0.15, 0.2) is 42.5 Å². The van der Waals surface area contributed by atoms with Crippen molar-refractivity contribution in [2.24, 2.45) is 0 Å². The van der Waals surface area contributed by atoms with Gasteiger partial charge in [-0.25, -0.2) is 8.78 Å². The predicted octanol–water partition coefficient (Wildman–Crippen LogP) is 4.00. The Morgan fingerprint density at radius 3 is 2.52 bits per heavy atom. The lowest BCUT2D eigenvalue weighted by Gasteiger charge is -2.19. The molecule has 0 spiro atoms. The second kappa shape index (κ2) is 7.18. The Balaban J connectivity index is 2.10. The van der Waals surface area contributed by atoms with Gasteiger partial charge < -0.3 is 10.1 Å². The van der Waals surface area contributed by atoms with Gasteiger partial charge >= 0.3 is 0 Å². The largest absolute Gasteiger partial charge is 0.492 e. The minimum atomic E-state index is -0.264. The van der Waals surface area contributed by atoms with Crippen LogP contribution < -0.4 is 10.1 Å². The van der Waals surface area contributed by atoms with E-state index in [2.05, 4.69) is 5.32 Å². The van der Waals surface area contributed by atoms with Gasteiger partial charge in [0.25, 0.3) is 0 Å². The number of hydrogen-bond donors (Lipinski definition) is 1. The molecule has 0 amide bonds. The first-order valence-corrected chi connectivity index (χ1v) is 6.98. The van der Waals surface area contributed by atoms with E-state index < -0.39 is 0 Å². The molecular weight excluding hydrogens is 272 g/mol. The van der Waals surface area contributed by atoms with Crippen LogP contribution in [0.2, 0.25) is 0 Å². The van der Waals surface area contributed by atoms with Crippen LogP contribution in [0.5, 0.6) is 5.75 Å². The molecule has 0 saturated carbocycles. The van der Waals surface area contributed by atoms with Crippen LogP contribution in [0.3, 0.4) is 0 Å². The number of nitrogens with one attached hydrogen (secondary N) is 1. The average Bonchev–Trinajstić information content (AvgIpc) is 2.48. The van der Waals surface area contributed by atoms with E-state index >= 15 is 0 Å². The summed E-state index contributed by atoms with van der Waals surface area (Å²) >= 11 is 0. The van der Waals surface area contributed by atoms with Gasteiger partial charge in [-0.1, -0.05) is 25.1 Å². The van der Waals surface area contributed by atoms with Gasteiger partial charge in [-0.15, -0.1) is 0 Å². The highest BCUT2D eigenvalue weighted by atomic mass is 19.1. The summed E-state index contributed by atoms with van der Waals surface area (Å²) in [4.78, 5) is 0. The standard InChI is InChI=1S/C17H19F2NO/c1-3-20-17(14-6-4-5-7-16(14)19)11-21-13-8-9-15(18)12(2)10-13/h4-10,17,20H,3,11H2,1-2H3. The third-order valence-electron chi connectivity index (χ3n) is 3.28. The van der Waals surface area contributed by atoms with Crippen LogP contribution in [0.1, 0.15) is 24.1 Å². The minimum absolute atomic E-state index is 0.249. The second-order valence-corrected chi connectivity index (χ2v) is 4.85. The van der Waals surface area contributed by atoms with Crippen LogP contribution in [-0.4, -0.2) is 13.2 Å². The van der Waals surface area contributed by atoms with Crippen molar-refractivity contribution < 1.29 is 13.5 Å². The van der Waals surface area contributed by atoms with Gasteiger partial charge in [-0.05, 0) is 43.3 Å². The minimum Gasteiger partial charge on any atom is -0.492 e. The van der Waals surface area contributed by atoms with E-state index in [1.165, 1.54) is 12.1 Å². The summed E-state index contributed by atoms with van der Waals surface area (Å²) < 4.78 is 32.7. The predicted molar refractivity (Wildman–Crippen MR) is 79.4 cm³/mol. The first-order chi connectivity index (χ1) is 10.1. The SMILES string of the molecule is CCNC(COc1ccc(F)c(C)c1)c1ccccc1F. The molecule has 0 bridgehead atoms. The molecule has 0 radical (unpaired) electrons. The Hall–Kier alpha value is -1.94. The average molecular weight is 291 g/mol. The Bertz CT molecular complexity index is 601. The maximum Gasteiger partial charge on any atom is 0.128 e. The molecule has 1 N–H and O–H groups in total. The number of halogens is 2. The molecule has 0 aliphatic rings. The molecule has 2 nitrogen and oxygen atoms in total. The van der Waals surface area contributed by atoms with Gasteiger partial charge in [0.1, 0.15) is 24.0 Å². The van der Waals surface area contributed by atoms with Gasteiger partial charge in [0.05, 0.1) is 6.04 Å². The number of benzene rings is 2. The monoisotopic (exact) mass is 291 g/mol. The molecule has 2 aromatic rings. The van der Waals surface area contributed by atoms with Crippen LogP contribution >= 0.6 is 0 Å². The van der Waals surface area contributed by atoms with Crippen molar-refractivity contribution in [3.63, 3.8) is 0 Å². The normalized spacial score (nSPS) is 12.2. The summed E-state index contributed by atoms with van der Waals surface area (Å²) in [6.07, 6.45) is 0. The summed E-state index contributed by atoms with van der Waals surface area (Å²) in [7, 11) is 0. The van der Waals surface area contributed by atoms with Crippen molar-refractivity contribution in [1.29, 1.82) is 0 Å². The zero-order valence-electron chi connectivity index (χ0n) is 12.2. The smallest absolute Gasteiger partial charge is 0.128 e.